The minimum absolute atomic E-state index is 0.0827. The first-order valence-electron chi connectivity index (χ1n) is 9.70. The van der Waals surface area contributed by atoms with Crippen molar-refractivity contribution in [2.24, 2.45) is 0 Å². The molecule has 29 heavy (non-hydrogen) atoms. The van der Waals surface area contributed by atoms with Crippen LogP contribution in [0.15, 0.2) is 42.9 Å². The van der Waals surface area contributed by atoms with Gasteiger partial charge in [-0.2, -0.15) is 0 Å². The SMILES string of the molecule is Cc1cc(C)nc(Nc2cccc([C@H]3CCCN(C(=O)c4cnccn4)C3)n2)n1. The number of rotatable bonds is 4. The van der Waals surface area contributed by atoms with Gasteiger partial charge in [0, 0.05) is 48.5 Å². The molecule has 0 bridgehead atoms. The lowest BCUT2D eigenvalue weighted by atomic mass is 9.94. The molecule has 1 amide bonds. The number of anilines is 2. The molecular weight excluding hydrogens is 366 g/mol. The topological polar surface area (TPSA) is 96.8 Å². The Bertz CT molecular complexity index is 989. The van der Waals surface area contributed by atoms with Crippen molar-refractivity contribution in [3.63, 3.8) is 0 Å². The van der Waals surface area contributed by atoms with Crippen molar-refractivity contribution in [2.75, 3.05) is 18.4 Å². The van der Waals surface area contributed by atoms with E-state index in [1.165, 1.54) is 6.20 Å². The van der Waals surface area contributed by atoms with Gasteiger partial charge in [-0.25, -0.2) is 19.9 Å². The number of piperidine rings is 1. The lowest BCUT2D eigenvalue weighted by molar-refractivity contribution is 0.0699. The molecule has 8 heteroatoms. The second-order valence-corrected chi connectivity index (χ2v) is 7.23. The van der Waals surface area contributed by atoms with E-state index in [-0.39, 0.29) is 11.8 Å². The molecule has 1 saturated heterocycles. The maximum absolute atomic E-state index is 12.7. The number of nitrogens with zero attached hydrogens (tertiary/aromatic N) is 6. The van der Waals surface area contributed by atoms with Crippen LogP contribution in [0.25, 0.3) is 0 Å². The summed E-state index contributed by atoms with van der Waals surface area (Å²) in [5.74, 6) is 1.33. The van der Waals surface area contributed by atoms with E-state index in [1.807, 2.05) is 43.0 Å². The van der Waals surface area contributed by atoms with E-state index in [0.29, 0.717) is 24.0 Å². The Kier molecular flexibility index (Phi) is 5.41. The number of carbonyl (C=O) groups is 1. The molecule has 0 saturated carbocycles. The summed E-state index contributed by atoms with van der Waals surface area (Å²) in [5, 5.41) is 3.19. The second-order valence-electron chi connectivity index (χ2n) is 7.23. The first-order chi connectivity index (χ1) is 14.1. The van der Waals surface area contributed by atoms with Gasteiger partial charge in [-0.15, -0.1) is 0 Å². The number of nitrogens with one attached hydrogen (secondary N) is 1. The molecule has 1 fully saturated rings. The van der Waals surface area contributed by atoms with Gasteiger partial charge >= 0.3 is 0 Å². The summed E-state index contributed by atoms with van der Waals surface area (Å²) in [6.45, 7) is 5.22. The van der Waals surface area contributed by atoms with E-state index in [2.05, 4.69) is 25.3 Å². The molecule has 1 aliphatic rings. The van der Waals surface area contributed by atoms with Crippen LogP contribution in [0.2, 0.25) is 0 Å². The Morgan fingerprint density at radius 2 is 1.97 bits per heavy atom. The van der Waals surface area contributed by atoms with Crippen molar-refractivity contribution in [3.05, 3.63) is 65.6 Å². The molecule has 1 atom stereocenters. The summed E-state index contributed by atoms with van der Waals surface area (Å²) in [5.41, 5.74) is 3.14. The summed E-state index contributed by atoms with van der Waals surface area (Å²) < 4.78 is 0. The highest BCUT2D eigenvalue weighted by Crippen LogP contribution is 2.27. The lowest BCUT2D eigenvalue weighted by Crippen LogP contribution is -2.39. The third-order valence-corrected chi connectivity index (χ3v) is 4.90. The number of likely N-dealkylation sites (tertiary alicyclic amines) is 1. The molecule has 0 unspecified atom stereocenters. The van der Waals surface area contributed by atoms with Crippen LogP contribution in [0.4, 0.5) is 11.8 Å². The van der Waals surface area contributed by atoms with Gasteiger partial charge in [0.25, 0.3) is 5.91 Å². The van der Waals surface area contributed by atoms with E-state index in [4.69, 9.17) is 4.98 Å². The summed E-state index contributed by atoms with van der Waals surface area (Å²) in [7, 11) is 0. The second kappa shape index (κ2) is 8.30. The minimum atomic E-state index is -0.0827. The number of pyridine rings is 1. The predicted molar refractivity (Wildman–Crippen MR) is 109 cm³/mol. The maximum atomic E-state index is 12.7. The Hall–Kier alpha value is -3.42. The number of aromatic nitrogens is 5. The normalized spacial score (nSPS) is 16.5. The van der Waals surface area contributed by atoms with Crippen molar-refractivity contribution < 1.29 is 4.79 Å². The monoisotopic (exact) mass is 389 g/mol. The quantitative estimate of drug-likeness (QED) is 0.732. The number of aryl methyl sites for hydroxylation is 2. The molecule has 3 aromatic rings. The molecule has 1 N–H and O–H groups in total. The predicted octanol–water partition coefficient (Wildman–Crippen LogP) is 3.04. The molecular formula is C21H23N7O. The lowest BCUT2D eigenvalue weighted by Gasteiger charge is -2.32. The van der Waals surface area contributed by atoms with Crippen molar-refractivity contribution in [3.8, 4) is 0 Å². The summed E-state index contributed by atoms with van der Waals surface area (Å²) in [6, 6.07) is 7.81. The molecule has 148 valence electrons. The number of hydrogen-bond acceptors (Lipinski definition) is 7. The summed E-state index contributed by atoms with van der Waals surface area (Å²) >= 11 is 0. The van der Waals surface area contributed by atoms with E-state index in [1.54, 1.807) is 12.4 Å². The summed E-state index contributed by atoms with van der Waals surface area (Å²) in [4.78, 5) is 36.3. The first kappa shape index (κ1) is 18.9. The Labute approximate surface area is 169 Å². The van der Waals surface area contributed by atoms with E-state index in [9.17, 15) is 4.79 Å². The van der Waals surface area contributed by atoms with Crippen LogP contribution in [0.1, 0.15) is 46.3 Å². The number of carbonyl (C=O) groups excluding carboxylic acids is 1. The van der Waals surface area contributed by atoms with Crippen LogP contribution in [0, 0.1) is 13.8 Å². The summed E-state index contributed by atoms with van der Waals surface area (Å²) in [6.07, 6.45) is 6.54. The van der Waals surface area contributed by atoms with Crippen LogP contribution >= 0.6 is 0 Å². The standard InChI is InChI=1S/C21H23N7O/c1-14-11-15(2)25-21(24-14)27-19-7-3-6-17(26-19)16-5-4-10-28(13-16)20(29)18-12-22-8-9-23-18/h3,6-9,11-12,16H,4-5,10,13H2,1-2H3,(H,24,25,26,27)/t16-/m0/s1. The van der Waals surface area contributed by atoms with Gasteiger partial charge in [0.05, 0.1) is 6.20 Å². The average molecular weight is 389 g/mol. The molecule has 0 spiro atoms. The highest BCUT2D eigenvalue weighted by Gasteiger charge is 2.27. The molecule has 8 nitrogen and oxygen atoms in total. The van der Waals surface area contributed by atoms with Crippen LogP contribution in [-0.2, 0) is 0 Å². The zero-order valence-electron chi connectivity index (χ0n) is 16.5. The van der Waals surface area contributed by atoms with Crippen LogP contribution in [0.3, 0.4) is 0 Å². The average Bonchev–Trinajstić information content (AvgIpc) is 2.73. The fourth-order valence-corrected chi connectivity index (χ4v) is 3.62. The van der Waals surface area contributed by atoms with Gasteiger partial charge in [-0.05, 0) is 44.9 Å². The van der Waals surface area contributed by atoms with E-state index < -0.39 is 0 Å². The van der Waals surface area contributed by atoms with Gasteiger partial charge in [-0.3, -0.25) is 9.78 Å². The number of hydrogen-bond donors (Lipinski definition) is 1. The van der Waals surface area contributed by atoms with Crippen molar-refractivity contribution in [1.82, 2.24) is 29.8 Å². The Balaban J connectivity index is 1.49. The third-order valence-electron chi connectivity index (χ3n) is 4.90. The third kappa shape index (κ3) is 4.53. The Morgan fingerprint density at radius 3 is 2.72 bits per heavy atom. The highest BCUT2D eigenvalue weighted by atomic mass is 16.2. The molecule has 0 aromatic carbocycles. The molecule has 0 radical (unpaired) electrons. The molecule has 4 rings (SSSR count). The molecule has 3 aromatic heterocycles. The van der Waals surface area contributed by atoms with Gasteiger partial charge < -0.3 is 10.2 Å². The zero-order chi connectivity index (χ0) is 20.2. The van der Waals surface area contributed by atoms with Gasteiger partial charge in [0.1, 0.15) is 11.5 Å². The van der Waals surface area contributed by atoms with Crippen molar-refractivity contribution in [2.45, 2.75) is 32.6 Å². The van der Waals surface area contributed by atoms with Crippen molar-refractivity contribution >= 4 is 17.7 Å². The smallest absolute Gasteiger partial charge is 0.274 e. The van der Waals surface area contributed by atoms with Crippen LogP contribution in [0.5, 0.6) is 0 Å². The number of amides is 1. The fourth-order valence-electron chi connectivity index (χ4n) is 3.62. The van der Waals surface area contributed by atoms with Crippen LogP contribution < -0.4 is 5.32 Å². The molecule has 0 aliphatic carbocycles. The van der Waals surface area contributed by atoms with Gasteiger partial charge in [0.2, 0.25) is 5.95 Å². The first-order valence-corrected chi connectivity index (χ1v) is 9.70. The van der Waals surface area contributed by atoms with Gasteiger partial charge in [-0.1, -0.05) is 6.07 Å². The van der Waals surface area contributed by atoms with Crippen molar-refractivity contribution in [1.29, 1.82) is 0 Å². The van der Waals surface area contributed by atoms with E-state index in [0.717, 1.165) is 36.5 Å². The van der Waals surface area contributed by atoms with Crippen LogP contribution in [-0.4, -0.2) is 48.8 Å². The zero-order valence-corrected chi connectivity index (χ0v) is 16.5. The highest BCUT2D eigenvalue weighted by molar-refractivity contribution is 5.92. The van der Waals surface area contributed by atoms with Gasteiger partial charge in [0.15, 0.2) is 0 Å². The molecule has 1 aliphatic heterocycles. The fraction of sp³-hybridized carbons (Fsp3) is 0.333. The largest absolute Gasteiger partial charge is 0.337 e. The maximum Gasteiger partial charge on any atom is 0.274 e. The minimum Gasteiger partial charge on any atom is -0.337 e. The molecule has 4 heterocycles. The van der Waals surface area contributed by atoms with E-state index >= 15 is 0 Å². The Morgan fingerprint density at radius 1 is 1.14 bits per heavy atom.